The van der Waals surface area contributed by atoms with E-state index in [0.717, 1.165) is 18.2 Å². The summed E-state index contributed by atoms with van der Waals surface area (Å²) in [4.78, 5) is -1.02. The van der Waals surface area contributed by atoms with E-state index in [9.17, 15) is 26.5 Å². The van der Waals surface area contributed by atoms with E-state index in [2.05, 4.69) is 0 Å². The summed E-state index contributed by atoms with van der Waals surface area (Å²) in [5, 5.41) is 9.37. The van der Waals surface area contributed by atoms with Crippen LogP contribution in [0.1, 0.15) is 19.8 Å². The second-order valence-corrected chi connectivity index (χ2v) is 7.21. The number of sulfone groups is 1. The molecule has 0 bridgehead atoms. The SMILES string of the molecule is CCCCS(=O)(=O)c1ccc(S(=O)(=O)[O-])c(O)c1.[Na+]. The average molecular weight is 316 g/mol. The molecule has 0 heterocycles. The van der Waals surface area contributed by atoms with Crippen molar-refractivity contribution in [2.75, 3.05) is 5.75 Å². The van der Waals surface area contributed by atoms with E-state index in [1.165, 1.54) is 0 Å². The quantitative estimate of drug-likeness (QED) is 0.491. The molecule has 0 amide bonds. The van der Waals surface area contributed by atoms with E-state index in [4.69, 9.17) is 0 Å². The van der Waals surface area contributed by atoms with Crippen LogP contribution < -0.4 is 29.6 Å². The molecule has 6 nitrogen and oxygen atoms in total. The predicted octanol–water partition coefficient (Wildman–Crippen LogP) is -2.13. The molecule has 1 aromatic carbocycles. The Bertz CT molecular complexity index is 636. The third-order valence-corrected chi connectivity index (χ3v) is 5.01. The number of rotatable bonds is 5. The molecule has 0 aliphatic rings. The summed E-state index contributed by atoms with van der Waals surface area (Å²) in [5.41, 5.74) is 0. The summed E-state index contributed by atoms with van der Waals surface area (Å²) in [7, 11) is -8.37. The minimum absolute atomic E-state index is 0. The van der Waals surface area contributed by atoms with Gasteiger partial charge in [-0.05, 0) is 24.6 Å². The first-order valence-corrected chi connectivity index (χ1v) is 8.26. The molecule has 0 spiro atoms. The Morgan fingerprint density at radius 2 is 1.79 bits per heavy atom. The Morgan fingerprint density at radius 3 is 2.21 bits per heavy atom. The molecular formula is C10H13NaO6S2. The zero-order valence-corrected chi connectivity index (χ0v) is 14.3. The molecule has 0 fully saturated rings. The maximum atomic E-state index is 11.8. The second kappa shape index (κ2) is 7.05. The standard InChI is InChI=1S/C10H14O6S2.Na/c1-2-3-6-17(12,13)8-4-5-10(9(11)7-8)18(14,15)16;/h4-5,7,11H,2-3,6H2,1H3,(H,14,15,16);/q;+1/p-1. The maximum Gasteiger partial charge on any atom is 1.00 e. The van der Waals surface area contributed by atoms with Crippen LogP contribution in [-0.4, -0.2) is 32.2 Å². The minimum atomic E-state index is -4.81. The van der Waals surface area contributed by atoms with Crippen molar-refractivity contribution in [3.8, 4) is 5.75 Å². The topological polar surface area (TPSA) is 112 Å². The Hall–Kier alpha value is -0.120. The summed E-state index contributed by atoms with van der Waals surface area (Å²) in [6.07, 6.45) is 1.16. The molecule has 19 heavy (non-hydrogen) atoms. The van der Waals surface area contributed by atoms with Crippen molar-refractivity contribution in [2.45, 2.75) is 29.6 Å². The van der Waals surface area contributed by atoms with Crippen LogP contribution in [0.2, 0.25) is 0 Å². The van der Waals surface area contributed by atoms with Gasteiger partial charge in [0, 0.05) is 0 Å². The molecule has 0 saturated heterocycles. The Balaban J connectivity index is 0.00000324. The van der Waals surface area contributed by atoms with E-state index in [-0.39, 0.29) is 40.2 Å². The van der Waals surface area contributed by atoms with E-state index in [0.29, 0.717) is 12.8 Å². The fraction of sp³-hybridized carbons (Fsp3) is 0.400. The molecule has 0 aliphatic heterocycles. The first-order valence-electron chi connectivity index (χ1n) is 5.20. The molecule has 0 aliphatic carbocycles. The Kier molecular flexibility index (Phi) is 7.01. The summed E-state index contributed by atoms with van der Waals surface area (Å²) >= 11 is 0. The van der Waals surface area contributed by atoms with E-state index >= 15 is 0 Å². The molecule has 1 aromatic rings. The monoisotopic (exact) mass is 316 g/mol. The summed E-state index contributed by atoms with van der Waals surface area (Å²) in [6, 6.07) is 2.60. The van der Waals surface area contributed by atoms with Gasteiger partial charge in [0.1, 0.15) is 15.9 Å². The van der Waals surface area contributed by atoms with Crippen LogP contribution in [0.3, 0.4) is 0 Å². The van der Waals surface area contributed by atoms with E-state index in [1.54, 1.807) is 0 Å². The molecule has 0 radical (unpaired) electrons. The largest absolute Gasteiger partial charge is 1.00 e. The Labute approximate surface area is 134 Å². The zero-order chi connectivity index (χ0) is 14.0. The van der Waals surface area contributed by atoms with Gasteiger partial charge < -0.3 is 9.66 Å². The van der Waals surface area contributed by atoms with Gasteiger partial charge in [-0.15, -0.1) is 0 Å². The number of benzene rings is 1. The second-order valence-electron chi connectivity index (χ2n) is 3.76. The van der Waals surface area contributed by atoms with Crippen molar-refractivity contribution >= 4 is 20.0 Å². The minimum Gasteiger partial charge on any atom is -0.744 e. The molecular weight excluding hydrogens is 303 g/mol. The van der Waals surface area contributed by atoms with Gasteiger partial charge >= 0.3 is 29.6 Å². The van der Waals surface area contributed by atoms with E-state index < -0.39 is 30.6 Å². The molecule has 0 unspecified atom stereocenters. The van der Waals surface area contributed by atoms with Crippen LogP contribution in [0.4, 0.5) is 0 Å². The van der Waals surface area contributed by atoms with Crippen LogP contribution in [0.5, 0.6) is 5.75 Å². The fourth-order valence-electron chi connectivity index (χ4n) is 1.35. The summed E-state index contributed by atoms with van der Waals surface area (Å²) < 4.78 is 55.7. The molecule has 1 rings (SSSR count). The number of hydrogen-bond acceptors (Lipinski definition) is 6. The van der Waals surface area contributed by atoms with Crippen LogP contribution in [0, 0.1) is 0 Å². The summed E-state index contributed by atoms with van der Waals surface area (Å²) in [6.45, 7) is 1.83. The first kappa shape index (κ1) is 18.9. The van der Waals surface area contributed by atoms with Gasteiger partial charge in [0.05, 0.1) is 15.5 Å². The molecule has 0 saturated carbocycles. The fourth-order valence-corrected chi connectivity index (χ4v) is 3.38. The molecule has 9 heteroatoms. The Morgan fingerprint density at radius 1 is 1.21 bits per heavy atom. The normalized spacial score (nSPS) is 11.9. The third-order valence-electron chi connectivity index (χ3n) is 2.33. The van der Waals surface area contributed by atoms with Crippen molar-refractivity contribution in [1.29, 1.82) is 0 Å². The number of phenolic OH excluding ortho intramolecular Hbond substituents is 1. The first-order chi connectivity index (χ1) is 8.18. The molecule has 102 valence electrons. The third kappa shape index (κ3) is 5.05. The average Bonchev–Trinajstić information content (AvgIpc) is 2.24. The molecule has 0 atom stereocenters. The van der Waals surface area contributed by atoms with Gasteiger partial charge in [-0.25, -0.2) is 16.8 Å². The molecule has 1 N–H and O–H groups in total. The van der Waals surface area contributed by atoms with Crippen molar-refractivity contribution in [2.24, 2.45) is 0 Å². The van der Waals surface area contributed by atoms with E-state index in [1.807, 2.05) is 6.92 Å². The van der Waals surface area contributed by atoms with Crippen molar-refractivity contribution in [3.63, 3.8) is 0 Å². The predicted molar refractivity (Wildman–Crippen MR) is 63.0 cm³/mol. The van der Waals surface area contributed by atoms with Gasteiger partial charge in [0.15, 0.2) is 9.84 Å². The maximum absolute atomic E-state index is 11.8. The van der Waals surface area contributed by atoms with Crippen molar-refractivity contribution < 1.29 is 56.1 Å². The van der Waals surface area contributed by atoms with Gasteiger partial charge in [-0.2, -0.15) is 0 Å². The van der Waals surface area contributed by atoms with Gasteiger partial charge in [-0.3, -0.25) is 0 Å². The van der Waals surface area contributed by atoms with Gasteiger partial charge in [-0.1, -0.05) is 13.3 Å². The van der Waals surface area contributed by atoms with Gasteiger partial charge in [0.25, 0.3) is 0 Å². The number of phenols is 1. The van der Waals surface area contributed by atoms with Crippen LogP contribution >= 0.6 is 0 Å². The zero-order valence-electron chi connectivity index (χ0n) is 10.7. The number of unbranched alkanes of at least 4 members (excludes halogenated alkanes) is 1. The van der Waals surface area contributed by atoms with Crippen molar-refractivity contribution in [1.82, 2.24) is 0 Å². The smallest absolute Gasteiger partial charge is 0.744 e. The van der Waals surface area contributed by atoms with Crippen molar-refractivity contribution in [3.05, 3.63) is 18.2 Å². The number of aromatic hydroxyl groups is 1. The van der Waals surface area contributed by atoms with Crippen LogP contribution in [-0.2, 0) is 20.0 Å². The van der Waals surface area contributed by atoms with Crippen LogP contribution in [0.15, 0.2) is 28.0 Å². The van der Waals surface area contributed by atoms with Gasteiger partial charge in [0.2, 0.25) is 0 Å². The molecule has 0 aromatic heterocycles. The summed E-state index contributed by atoms with van der Waals surface area (Å²) in [5.74, 6) is -0.936. The number of hydrogen-bond donors (Lipinski definition) is 1. The van der Waals surface area contributed by atoms with Crippen LogP contribution in [0.25, 0.3) is 0 Å².